The normalized spacial score (nSPS) is 17.7. The van der Waals surface area contributed by atoms with Crippen molar-refractivity contribution in [2.75, 3.05) is 30.8 Å². The van der Waals surface area contributed by atoms with Crippen molar-refractivity contribution >= 4 is 47.2 Å². The first-order valence-corrected chi connectivity index (χ1v) is 15.8. The van der Waals surface area contributed by atoms with Crippen molar-refractivity contribution in [1.29, 1.82) is 0 Å². The molecule has 3 heterocycles. The number of benzene rings is 2. The molecule has 1 aromatic heterocycles. The molecule has 5 rings (SSSR count). The van der Waals surface area contributed by atoms with Crippen LogP contribution >= 0.6 is 0 Å². The van der Waals surface area contributed by atoms with Crippen LogP contribution in [-0.2, 0) is 19.1 Å². The number of hydrogen-bond donors (Lipinski definition) is 2. The Hall–Kier alpha value is -5.67. The fourth-order valence-electron chi connectivity index (χ4n) is 5.88. The highest BCUT2D eigenvalue weighted by Gasteiger charge is 2.37. The number of carbonyl (C=O) groups is 4. The van der Waals surface area contributed by atoms with Gasteiger partial charge in [0.2, 0.25) is 11.8 Å². The van der Waals surface area contributed by atoms with E-state index in [0.29, 0.717) is 59.7 Å². The lowest BCUT2D eigenvalue weighted by Gasteiger charge is -2.25. The average molecular weight is 650 g/mol. The van der Waals surface area contributed by atoms with E-state index in [1.165, 1.54) is 19.6 Å². The Morgan fingerprint density at radius 3 is 1.90 bits per heavy atom. The summed E-state index contributed by atoms with van der Waals surface area (Å²) >= 11 is 0. The highest BCUT2D eigenvalue weighted by Crippen LogP contribution is 2.25. The lowest BCUT2D eigenvalue weighted by atomic mass is 10.1. The third kappa shape index (κ3) is 7.65. The van der Waals surface area contributed by atoms with Crippen LogP contribution in [0.1, 0.15) is 59.8 Å². The molecule has 0 aliphatic carbocycles. The maximum absolute atomic E-state index is 13.2. The van der Waals surface area contributed by atoms with Crippen LogP contribution in [0.25, 0.3) is 12.2 Å². The molecule has 11 nitrogen and oxygen atoms in total. The van der Waals surface area contributed by atoms with Crippen LogP contribution < -0.4 is 10.6 Å². The minimum absolute atomic E-state index is 0.231. The predicted molar refractivity (Wildman–Crippen MR) is 183 cm³/mol. The molecule has 2 fully saturated rings. The standard InChI is InChI=1S/C37H39N5O6/c1-5-24(2)30(22-47-4)36(45)41-20-6-8-32(41)34(43)38-28-16-12-26(13-17-28)10-11-27-14-18-29(19-15-27)39-35(44)33-9-7-21-42(33)37(46)31-23-48-40-25(31)3/h10-19,22-23,32-33H,1,6-9,20-21H2,2-4H3,(H,38,43)(H,39,44)/b11-10+,30-22+/t32-,33-/m0/s1. The monoisotopic (exact) mass is 649 g/mol. The van der Waals surface area contributed by atoms with E-state index in [-0.39, 0.29) is 23.6 Å². The van der Waals surface area contributed by atoms with Crippen molar-refractivity contribution in [2.24, 2.45) is 0 Å². The first-order chi connectivity index (χ1) is 23.2. The molecule has 2 saturated heterocycles. The summed E-state index contributed by atoms with van der Waals surface area (Å²) in [6.07, 6.45) is 9.21. The minimum Gasteiger partial charge on any atom is -0.503 e. The largest absolute Gasteiger partial charge is 0.503 e. The number of carbonyl (C=O) groups excluding carboxylic acids is 4. The molecule has 2 atom stereocenters. The van der Waals surface area contributed by atoms with E-state index < -0.39 is 12.1 Å². The highest BCUT2D eigenvalue weighted by molar-refractivity contribution is 6.03. The maximum Gasteiger partial charge on any atom is 0.259 e. The highest BCUT2D eigenvalue weighted by atomic mass is 16.5. The van der Waals surface area contributed by atoms with Gasteiger partial charge in [-0.25, -0.2) is 0 Å². The Morgan fingerprint density at radius 1 is 0.896 bits per heavy atom. The molecule has 4 amide bonds. The first-order valence-electron chi connectivity index (χ1n) is 15.8. The van der Waals surface area contributed by atoms with Gasteiger partial charge in [-0.3, -0.25) is 19.2 Å². The zero-order valence-electron chi connectivity index (χ0n) is 27.3. The molecule has 0 bridgehead atoms. The molecule has 0 saturated carbocycles. The molecule has 2 aliphatic heterocycles. The molecule has 48 heavy (non-hydrogen) atoms. The number of hydrogen-bond acceptors (Lipinski definition) is 7. The van der Waals surface area contributed by atoms with Gasteiger partial charge < -0.3 is 29.7 Å². The fraction of sp³-hybridized carbons (Fsp3) is 0.297. The van der Waals surface area contributed by atoms with Crippen LogP contribution in [0.15, 0.2) is 89.0 Å². The number of nitrogens with one attached hydrogen (secondary N) is 2. The molecule has 2 aromatic carbocycles. The third-order valence-corrected chi connectivity index (χ3v) is 8.57. The molecule has 0 spiro atoms. The zero-order valence-corrected chi connectivity index (χ0v) is 27.3. The van der Waals surface area contributed by atoms with Gasteiger partial charge in [-0.05, 0) is 74.9 Å². The van der Waals surface area contributed by atoms with E-state index in [0.717, 1.165) is 24.0 Å². The molecule has 2 N–H and O–H groups in total. The molecule has 11 heteroatoms. The Bertz CT molecular complexity index is 1780. The van der Waals surface area contributed by atoms with Gasteiger partial charge in [0.15, 0.2) is 0 Å². The van der Waals surface area contributed by atoms with E-state index in [1.807, 2.05) is 60.7 Å². The van der Waals surface area contributed by atoms with Gasteiger partial charge in [0, 0.05) is 30.0 Å². The SMILES string of the molecule is C=C=C(C)/C(=C\OC)C(=O)N1CCC[C@H]1C(=O)Nc1ccc(/C=C/c2ccc(NC(=O)[C@@H]3CCCN3C(=O)c3conc3C)cc2)cc1. The summed E-state index contributed by atoms with van der Waals surface area (Å²) in [5, 5.41) is 9.65. The lowest BCUT2D eigenvalue weighted by molar-refractivity contribution is -0.133. The van der Waals surface area contributed by atoms with Crippen LogP contribution in [0.4, 0.5) is 11.4 Å². The van der Waals surface area contributed by atoms with E-state index in [4.69, 9.17) is 9.26 Å². The Labute approximate surface area is 279 Å². The third-order valence-electron chi connectivity index (χ3n) is 8.57. The van der Waals surface area contributed by atoms with Gasteiger partial charge >= 0.3 is 0 Å². The quantitative estimate of drug-likeness (QED) is 0.0962. The Kier molecular flexibility index (Phi) is 10.7. The van der Waals surface area contributed by atoms with Crippen molar-refractivity contribution in [3.05, 3.63) is 107 Å². The lowest BCUT2D eigenvalue weighted by Crippen LogP contribution is -2.43. The Balaban J connectivity index is 1.14. The minimum atomic E-state index is -0.591. The van der Waals surface area contributed by atoms with Crippen LogP contribution in [0, 0.1) is 6.92 Å². The van der Waals surface area contributed by atoms with Crippen LogP contribution in [0.2, 0.25) is 0 Å². The van der Waals surface area contributed by atoms with Crippen LogP contribution in [-0.4, -0.2) is 70.9 Å². The smallest absolute Gasteiger partial charge is 0.259 e. The number of amides is 4. The fourth-order valence-corrected chi connectivity index (χ4v) is 5.88. The molecule has 248 valence electrons. The van der Waals surface area contributed by atoms with Crippen molar-refractivity contribution in [2.45, 2.75) is 51.6 Å². The first kappa shape index (κ1) is 33.7. The summed E-state index contributed by atoms with van der Waals surface area (Å²) in [6, 6.07) is 13.7. The number of likely N-dealkylation sites (tertiary alicyclic amines) is 2. The van der Waals surface area contributed by atoms with Crippen molar-refractivity contribution in [1.82, 2.24) is 15.0 Å². The molecule has 2 aliphatic rings. The summed E-state index contributed by atoms with van der Waals surface area (Å²) in [6.45, 7) is 8.02. The predicted octanol–water partition coefficient (Wildman–Crippen LogP) is 5.59. The van der Waals surface area contributed by atoms with Gasteiger partial charge in [0.25, 0.3) is 11.8 Å². The zero-order chi connectivity index (χ0) is 34.2. The molecule has 0 unspecified atom stereocenters. The number of ether oxygens (including phenoxy) is 1. The number of rotatable bonds is 10. The second kappa shape index (κ2) is 15.3. The van der Waals surface area contributed by atoms with E-state index >= 15 is 0 Å². The number of nitrogens with zero attached hydrogens (tertiary/aromatic N) is 3. The van der Waals surface area contributed by atoms with E-state index in [1.54, 1.807) is 23.6 Å². The van der Waals surface area contributed by atoms with Crippen LogP contribution in [0.3, 0.4) is 0 Å². The van der Waals surface area contributed by atoms with Crippen LogP contribution in [0.5, 0.6) is 0 Å². The molecule has 3 aromatic rings. The van der Waals surface area contributed by atoms with Gasteiger partial charge in [-0.15, -0.1) is 5.73 Å². The molecular formula is C37H39N5O6. The van der Waals surface area contributed by atoms with Gasteiger partial charge in [-0.2, -0.15) is 0 Å². The van der Waals surface area contributed by atoms with Crippen molar-refractivity contribution in [3.63, 3.8) is 0 Å². The summed E-state index contributed by atoms with van der Waals surface area (Å²) < 4.78 is 9.99. The van der Waals surface area contributed by atoms with Gasteiger partial charge in [0.05, 0.1) is 24.6 Å². The number of aromatic nitrogens is 1. The maximum atomic E-state index is 13.2. The van der Waals surface area contributed by atoms with Crippen molar-refractivity contribution < 1.29 is 28.4 Å². The van der Waals surface area contributed by atoms with Gasteiger partial charge in [0.1, 0.15) is 23.9 Å². The second-order valence-corrected chi connectivity index (χ2v) is 11.8. The number of aryl methyl sites for hydroxylation is 1. The second-order valence-electron chi connectivity index (χ2n) is 11.8. The molecule has 0 radical (unpaired) electrons. The summed E-state index contributed by atoms with van der Waals surface area (Å²) in [7, 11) is 1.47. The number of anilines is 2. The van der Waals surface area contributed by atoms with E-state index in [2.05, 4.69) is 28.1 Å². The van der Waals surface area contributed by atoms with Gasteiger partial charge in [-0.1, -0.05) is 48.2 Å². The summed E-state index contributed by atoms with van der Waals surface area (Å²) in [5.41, 5.74) is 7.61. The van der Waals surface area contributed by atoms with E-state index in [9.17, 15) is 19.2 Å². The van der Waals surface area contributed by atoms with Crippen molar-refractivity contribution in [3.8, 4) is 0 Å². The topological polar surface area (TPSA) is 134 Å². The molecular weight excluding hydrogens is 610 g/mol. The summed E-state index contributed by atoms with van der Waals surface area (Å²) in [4.78, 5) is 55.5. The average Bonchev–Trinajstić information content (AvgIpc) is 3.88. The Morgan fingerprint density at radius 2 is 1.42 bits per heavy atom. The number of methoxy groups -OCH3 is 1. The summed E-state index contributed by atoms with van der Waals surface area (Å²) in [5.74, 6) is -1.02.